The van der Waals surface area contributed by atoms with E-state index in [4.69, 9.17) is 24.8 Å². The Hall–Kier alpha value is -1.47. The maximum Gasteiger partial charge on any atom is 0.384 e. The summed E-state index contributed by atoms with van der Waals surface area (Å²) in [6.45, 7) is -1.44. The van der Waals surface area contributed by atoms with Crippen LogP contribution in [0.1, 0.15) is 0 Å². The lowest BCUT2D eigenvalue weighted by Gasteiger charge is -2.39. The van der Waals surface area contributed by atoms with Gasteiger partial charge in [-0.25, -0.2) is 4.79 Å². The highest BCUT2D eigenvalue weighted by Crippen LogP contribution is 2.29. The minimum absolute atomic E-state index is 0.575. The van der Waals surface area contributed by atoms with Crippen molar-refractivity contribution < 1.29 is 54.8 Å². The highest BCUT2D eigenvalue weighted by atomic mass is 16.7. The van der Waals surface area contributed by atoms with Crippen LogP contribution in [-0.2, 0) is 19.0 Å². The molecule has 0 aliphatic carbocycles. The highest BCUT2D eigenvalue weighted by Gasteiger charge is 2.50. The van der Waals surface area contributed by atoms with Crippen molar-refractivity contribution in [3.63, 3.8) is 0 Å². The average molecular weight is 339 g/mol. The van der Waals surface area contributed by atoms with Gasteiger partial charge in [-0.3, -0.25) is 0 Å². The topological polar surface area (TPSA) is 189 Å². The summed E-state index contributed by atoms with van der Waals surface area (Å²) in [5.74, 6) is -2.37. The van der Waals surface area contributed by atoms with Gasteiger partial charge in [0.2, 0.25) is 12.4 Å². The second kappa shape index (κ2) is 6.97. The molecule has 132 valence electrons. The van der Waals surface area contributed by atoms with Crippen LogP contribution in [0.4, 0.5) is 0 Å². The number of esters is 1. The lowest BCUT2D eigenvalue weighted by molar-refractivity contribution is -0.291. The van der Waals surface area contributed by atoms with E-state index in [-0.39, 0.29) is 0 Å². The van der Waals surface area contributed by atoms with Gasteiger partial charge in [-0.15, -0.1) is 0 Å². The van der Waals surface area contributed by atoms with E-state index in [9.17, 15) is 25.2 Å². The molecule has 1 saturated heterocycles. The van der Waals surface area contributed by atoms with Gasteiger partial charge in [-0.05, 0) is 0 Å². The molecule has 0 bridgehead atoms. The summed E-state index contributed by atoms with van der Waals surface area (Å²) in [6.07, 6.45) is -10.9. The number of hydrogen-bond donors (Lipinski definition) is 6. The van der Waals surface area contributed by atoms with Crippen LogP contribution in [0.25, 0.3) is 0 Å². The van der Waals surface area contributed by atoms with Crippen molar-refractivity contribution in [2.45, 2.75) is 42.9 Å². The lowest BCUT2D eigenvalue weighted by Crippen LogP contribution is -2.59. The third-order valence-electron chi connectivity index (χ3n) is 3.57. The Morgan fingerprint density at radius 1 is 1.17 bits per heavy atom. The molecule has 0 radical (unpaired) electrons. The maximum absolute atomic E-state index is 11.7. The molecule has 7 atom stereocenters. The predicted octanol–water partition coefficient (Wildman–Crippen LogP) is -4.98. The molecule has 0 saturated carbocycles. The third kappa shape index (κ3) is 3.26. The van der Waals surface area contributed by atoms with Crippen molar-refractivity contribution in [3.05, 3.63) is 11.5 Å². The number of ether oxygens (including phenoxy) is 3. The number of aliphatic hydroxyl groups excluding tert-OH is 6. The molecule has 2 heterocycles. The molecule has 0 spiro atoms. The van der Waals surface area contributed by atoms with Gasteiger partial charge in [0.15, 0.2) is 0 Å². The fourth-order valence-electron chi connectivity index (χ4n) is 2.23. The van der Waals surface area contributed by atoms with Crippen LogP contribution in [0.2, 0.25) is 0 Å². The molecule has 1 fully saturated rings. The second-order valence-electron chi connectivity index (χ2n) is 5.13. The number of rotatable bonds is 5. The number of aliphatic hydroxyl groups is 6. The minimum Gasteiger partial charge on any atom is -0.591 e. The van der Waals surface area contributed by atoms with Crippen LogP contribution in [0.5, 0.6) is 0 Å². The van der Waals surface area contributed by atoms with Crippen LogP contribution in [0.15, 0.2) is 11.5 Å². The van der Waals surface area contributed by atoms with Gasteiger partial charge < -0.3 is 50.0 Å². The number of carbonyl (C=O) groups excluding carboxylic acids is 1. The zero-order valence-electron chi connectivity index (χ0n) is 11.8. The van der Waals surface area contributed by atoms with Gasteiger partial charge in [-0.2, -0.15) is 0 Å². The van der Waals surface area contributed by atoms with Crippen LogP contribution < -0.4 is 0 Å². The van der Waals surface area contributed by atoms with Gasteiger partial charge in [0, 0.05) is 0 Å². The Balaban J connectivity index is 2.16. The molecule has 23 heavy (non-hydrogen) atoms. The van der Waals surface area contributed by atoms with Gasteiger partial charge in [0.05, 0.1) is 13.2 Å². The van der Waals surface area contributed by atoms with Gasteiger partial charge in [0.25, 0.3) is 0 Å². The van der Waals surface area contributed by atoms with E-state index in [1.807, 2.05) is 0 Å². The summed E-state index contributed by atoms with van der Waals surface area (Å²) >= 11 is 0. The monoisotopic (exact) mass is 339 g/mol. The van der Waals surface area contributed by atoms with E-state index >= 15 is 0 Å². The fourth-order valence-corrected chi connectivity index (χ4v) is 2.23. The standard InChI is InChI=1S/C12H18O11/c13-1-3(15)9-8(19)10(11(20)22-9)23-12-7(18)6(17)5(16)4(2-14)21-12/h3-7,9,12-19H,1-2H2/p+1/t3-,4+,5+,6-,7+,9?,12?/m0/s1. The van der Waals surface area contributed by atoms with Gasteiger partial charge in [-0.1, -0.05) is 0 Å². The molecule has 8 N–H and O–H groups in total. The first kappa shape index (κ1) is 17.9. The zero-order valence-corrected chi connectivity index (χ0v) is 11.8. The van der Waals surface area contributed by atoms with E-state index < -0.39 is 73.6 Å². The molecule has 2 rings (SSSR count). The molecule has 0 aromatic rings. The first-order chi connectivity index (χ1) is 10.8. The summed E-state index contributed by atoms with van der Waals surface area (Å²) in [6, 6.07) is 0. The SMILES string of the molecule is O=C1OC([C@@H](O)CO)C([OH2+])=C1OC1O[C@H](CO)[C@@H](O)[C@H](O)[C@H]1O. The van der Waals surface area contributed by atoms with Gasteiger partial charge in [0.1, 0.15) is 30.5 Å². The molecule has 0 aromatic carbocycles. The smallest absolute Gasteiger partial charge is 0.384 e. The first-order valence-corrected chi connectivity index (χ1v) is 6.74. The largest absolute Gasteiger partial charge is 0.591 e. The van der Waals surface area contributed by atoms with Crippen molar-refractivity contribution in [1.82, 2.24) is 0 Å². The van der Waals surface area contributed by atoms with E-state index in [2.05, 4.69) is 4.74 Å². The summed E-state index contributed by atoms with van der Waals surface area (Å²) in [5, 5.41) is 64.1. The second-order valence-corrected chi connectivity index (χ2v) is 5.13. The molecular weight excluding hydrogens is 320 g/mol. The Morgan fingerprint density at radius 3 is 2.39 bits per heavy atom. The summed E-state index contributed by atoms with van der Waals surface area (Å²) in [4.78, 5) is 11.7. The Morgan fingerprint density at radius 2 is 1.83 bits per heavy atom. The summed E-state index contributed by atoms with van der Waals surface area (Å²) in [5.41, 5.74) is 0. The quantitative estimate of drug-likeness (QED) is 0.209. The van der Waals surface area contributed by atoms with Crippen molar-refractivity contribution >= 4 is 5.97 Å². The minimum atomic E-state index is -1.76. The molecule has 2 aliphatic rings. The summed E-state index contributed by atoms with van der Waals surface area (Å²) < 4.78 is 14.8. The number of carbonyl (C=O) groups is 1. The first-order valence-electron chi connectivity index (χ1n) is 6.74. The van der Waals surface area contributed by atoms with E-state index in [1.54, 1.807) is 0 Å². The Labute approximate surface area is 129 Å². The highest BCUT2D eigenvalue weighted by molar-refractivity contribution is 5.89. The van der Waals surface area contributed by atoms with E-state index in [0.717, 1.165) is 0 Å². The Bertz CT molecular complexity index is 476. The van der Waals surface area contributed by atoms with Crippen LogP contribution in [-0.4, -0.2) is 97.8 Å². The average Bonchev–Trinajstić information content (AvgIpc) is 2.82. The molecule has 0 aromatic heterocycles. The van der Waals surface area contributed by atoms with Crippen molar-refractivity contribution in [2.75, 3.05) is 13.2 Å². The molecule has 0 amide bonds. The fraction of sp³-hybridized carbons (Fsp3) is 0.750. The Kier molecular flexibility index (Phi) is 5.41. The van der Waals surface area contributed by atoms with Gasteiger partial charge >= 0.3 is 17.5 Å². The van der Waals surface area contributed by atoms with Crippen LogP contribution >= 0.6 is 0 Å². The van der Waals surface area contributed by atoms with Crippen LogP contribution in [0.3, 0.4) is 0 Å². The zero-order chi connectivity index (χ0) is 17.3. The number of hydrogen-bond acceptors (Lipinski definition) is 10. The van der Waals surface area contributed by atoms with Crippen LogP contribution in [0, 0.1) is 0 Å². The van der Waals surface area contributed by atoms with Crippen molar-refractivity contribution in [1.29, 1.82) is 0 Å². The third-order valence-corrected chi connectivity index (χ3v) is 3.57. The molecule has 11 heteroatoms. The normalized spacial score (nSPS) is 39.3. The van der Waals surface area contributed by atoms with Crippen molar-refractivity contribution in [2.24, 2.45) is 0 Å². The molecule has 11 nitrogen and oxygen atoms in total. The summed E-state index contributed by atoms with van der Waals surface area (Å²) in [7, 11) is 0. The lowest BCUT2D eigenvalue weighted by atomic mass is 9.99. The molecular formula is C12H19O11+. The molecule has 2 aliphatic heterocycles. The molecule has 2 unspecified atom stereocenters. The maximum atomic E-state index is 11.7. The number of cyclic esters (lactones) is 1. The van der Waals surface area contributed by atoms with E-state index in [1.165, 1.54) is 0 Å². The predicted molar refractivity (Wildman–Crippen MR) is 68.5 cm³/mol. The van der Waals surface area contributed by atoms with Crippen molar-refractivity contribution in [3.8, 4) is 0 Å². The van der Waals surface area contributed by atoms with E-state index in [0.29, 0.717) is 0 Å².